The van der Waals surface area contributed by atoms with Gasteiger partial charge >= 0.3 is 6.18 Å². The number of hydrogen-bond donors (Lipinski definition) is 0. The van der Waals surface area contributed by atoms with Crippen LogP contribution in [0.3, 0.4) is 0 Å². The Hall–Kier alpha value is -1.17. The lowest BCUT2D eigenvalue weighted by molar-refractivity contribution is -0.137. The molecule has 1 aromatic heterocycles. The Morgan fingerprint density at radius 2 is 1.84 bits per heavy atom. The molecule has 1 fully saturated rings. The summed E-state index contributed by atoms with van der Waals surface area (Å²) in [5.74, 6) is 0.803. The number of halogens is 6. The number of nitrogens with zero attached hydrogens (tertiary/aromatic N) is 1. The second-order valence-corrected chi connectivity index (χ2v) is 7.89. The molecular formula is C17H13Cl3F3NO. The van der Waals surface area contributed by atoms with Crippen molar-refractivity contribution in [3.63, 3.8) is 0 Å². The molecule has 1 aromatic carbocycles. The Bertz CT molecular complexity index is 763. The van der Waals surface area contributed by atoms with Gasteiger partial charge in [-0.3, -0.25) is 4.98 Å². The summed E-state index contributed by atoms with van der Waals surface area (Å²) in [5, 5.41) is -0.00977. The van der Waals surface area contributed by atoms with Gasteiger partial charge in [0.1, 0.15) is 10.1 Å². The van der Waals surface area contributed by atoms with Crippen molar-refractivity contribution in [2.24, 2.45) is 5.92 Å². The van der Waals surface area contributed by atoms with Crippen LogP contribution < -0.4 is 4.74 Å². The van der Waals surface area contributed by atoms with E-state index in [1.807, 2.05) is 12.1 Å². The molecule has 1 heterocycles. The fraction of sp³-hybridized carbons (Fsp3) is 0.353. The summed E-state index contributed by atoms with van der Waals surface area (Å²) < 4.78 is 42.8. The topological polar surface area (TPSA) is 22.1 Å². The molecule has 25 heavy (non-hydrogen) atoms. The number of aromatic nitrogens is 1. The molecule has 3 rings (SSSR count). The maximum absolute atomic E-state index is 12.6. The van der Waals surface area contributed by atoms with Gasteiger partial charge in [0, 0.05) is 18.5 Å². The molecule has 0 bridgehead atoms. The van der Waals surface area contributed by atoms with E-state index in [2.05, 4.69) is 4.98 Å². The fourth-order valence-corrected chi connectivity index (χ4v) is 3.03. The lowest BCUT2D eigenvalue weighted by Crippen LogP contribution is -2.07. The molecule has 0 amide bonds. The highest BCUT2D eigenvalue weighted by atomic mass is 35.5. The summed E-state index contributed by atoms with van der Waals surface area (Å²) in [6, 6.07) is 8.07. The van der Waals surface area contributed by atoms with Crippen molar-refractivity contribution in [2.45, 2.75) is 23.4 Å². The van der Waals surface area contributed by atoms with Crippen LogP contribution in [0.5, 0.6) is 5.75 Å². The summed E-state index contributed by atoms with van der Waals surface area (Å²) in [4.78, 5) is 3.83. The maximum atomic E-state index is 12.6. The lowest BCUT2D eigenvalue weighted by Gasteiger charge is -2.10. The van der Waals surface area contributed by atoms with Crippen LogP contribution in [0.15, 0.2) is 36.5 Å². The predicted octanol–water partition coefficient (Wildman–Crippen LogP) is 5.92. The Kier molecular flexibility index (Phi) is 5.11. The van der Waals surface area contributed by atoms with Gasteiger partial charge in [-0.15, -0.1) is 23.2 Å². The molecule has 0 aliphatic heterocycles. The molecule has 0 radical (unpaired) electrons. The van der Waals surface area contributed by atoms with Gasteiger partial charge in [-0.2, -0.15) is 13.2 Å². The van der Waals surface area contributed by atoms with E-state index < -0.39 is 16.1 Å². The van der Waals surface area contributed by atoms with E-state index in [0.29, 0.717) is 30.9 Å². The summed E-state index contributed by atoms with van der Waals surface area (Å²) >= 11 is 17.8. The summed E-state index contributed by atoms with van der Waals surface area (Å²) in [6.45, 7) is 0.443. The van der Waals surface area contributed by atoms with Crippen LogP contribution in [0, 0.1) is 5.92 Å². The Morgan fingerprint density at radius 3 is 2.36 bits per heavy atom. The van der Waals surface area contributed by atoms with E-state index in [-0.39, 0.29) is 10.9 Å². The van der Waals surface area contributed by atoms with Crippen LogP contribution in [0.2, 0.25) is 5.02 Å². The third-order valence-corrected chi connectivity index (χ3v) is 5.20. The van der Waals surface area contributed by atoms with Gasteiger partial charge in [-0.05, 0) is 30.2 Å². The minimum absolute atomic E-state index is 0.00977. The fourth-order valence-electron chi connectivity index (χ4n) is 2.30. The molecule has 0 N–H and O–H groups in total. The van der Waals surface area contributed by atoms with Crippen molar-refractivity contribution >= 4 is 34.8 Å². The normalized spacial score (nSPS) is 18.9. The van der Waals surface area contributed by atoms with Crippen molar-refractivity contribution < 1.29 is 17.9 Å². The highest BCUT2D eigenvalue weighted by Gasteiger charge is 2.52. The molecule has 0 saturated heterocycles. The van der Waals surface area contributed by atoms with Gasteiger partial charge in [-0.25, -0.2) is 0 Å². The third kappa shape index (κ3) is 4.72. The number of benzene rings is 1. The molecule has 2 nitrogen and oxygen atoms in total. The van der Waals surface area contributed by atoms with Crippen LogP contribution in [-0.2, 0) is 12.6 Å². The number of rotatable bonds is 5. The average molecular weight is 411 g/mol. The van der Waals surface area contributed by atoms with Crippen molar-refractivity contribution in [3.05, 3.63) is 58.4 Å². The first-order chi connectivity index (χ1) is 11.6. The van der Waals surface area contributed by atoms with Gasteiger partial charge in [0.25, 0.3) is 0 Å². The molecule has 8 heteroatoms. The molecule has 2 aromatic rings. The molecule has 1 atom stereocenters. The maximum Gasteiger partial charge on any atom is 0.417 e. The zero-order valence-electron chi connectivity index (χ0n) is 12.8. The van der Waals surface area contributed by atoms with Crippen LogP contribution >= 0.6 is 34.8 Å². The average Bonchev–Trinajstić information content (AvgIpc) is 3.15. The number of pyridine rings is 1. The SMILES string of the molecule is FC(F)(F)c1cnc(Cc2ccc(OCC3CC3(Cl)Cl)cc2)c(Cl)c1. The van der Waals surface area contributed by atoms with Gasteiger partial charge < -0.3 is 4.74 Å². The van der Waals surface area contributed by atoms with Crippen LogP contribution in [0.1, 0.15) is 23.2 Å². The molecular weight excluding hydrogens is 398 g/mol. The van der Waals surface area contributed by atoms with Gasteiger partial charge in [0.15, 0.2) is 0 Å². The number of ether oxygens (including phenoxy) is 1. The van der Waals surface area contributed by atoms with E-state index >= 15 is 0 Å². The second kappa shape index (κ2) is 6.86. The third-order valence-electron chi connectivity index (χ3n) is 3.95. The predicted molar refractivity (Wildman–Crippen MR) is 91.5 cm³/mol. The first-order valence-corrected chi connectivity index (χ1v) is 8.60. The molecule has 1 aliphatic carbocycles. The monoisotopic (exact) mass is 409 g/mol. The Morgan fingerprint density at radius 1 is 1.20 bits per heavy atom. The second-order valence-electron chi connectivity index (χ2n) is 5.94. The lowest BCUT2D eigenvalue weighted by atomic mass is 10.1. The molecule has 1 aliphatic rings. The Labute approximate surface area is 157 Å². The van der Waals surface area contributed by atoms with E-state index in [9.17, 15) is 13.2 Å². The smallest absolute Gasteiger partial charge is 0.417 e. The zero-order chi connectivity index (χ0) is 18.2. The minimum atomic E-state index is -4.46. The molecule has 1 saturated carbocycles. The van der Waals surface area contributed by atoms with Gasteiger partial charge in [-0.1, -0.05) is 23.7 Å². The van der Waals surface area contributed by atoms with E-state index in [0.717, 1.165) is 17.8 Å². The molecule has 0 spiro atoms. The zero-order valence-corrected chi connectivity index (χ0v) is 15.1. The quantitative estimate of drug-likeness (QED) is 0.571. The Balaban J connectivity index is 1.61. The summed E-state index contributed by atoms with van der Waals surface area (Å²) in [7, 11) is 0. The van der Waals surface area contributed by atoms with Crippen molar-refractivity contribution in [2.75, 3.05) is 6.61 Å². The highest BCUT2D eigenvalue weighted by Crippen LogP contribution is 2.53. The van der Waals surface area contributed by atoms with E-state index in [1.54, 1.807) is 12.1 Å². The van der Waals surface area contributed by atoms with Crippen molar-refractivity contribution in [1.82, 2.24) is 4.98 Å². The van der Waals surface area contributed by atoms with Crippen LogP contribution in [0.4, 0.5) is 13.2 Å². The van der Waals surface area contributed by atoms with Crippen molar-refractivity contribution in [3.8, 4) is 5.75 Å². The van der Waals surface area contributed by atoms with Crippen LogP contribution in [-0.4, -0.2) is 15.9 Å². The van der Waals surface area contributed by atoms with E-state index in [4.69, 9.17) is 39.5 Å². The highest BCUT2D eigenvalue weighted by molar-refractivity contribution is 6.50. The first kappa shape index (κ1) is 18.6. The molecule has 1 unspecified atom stereocenters. The van der Waals surface area contributed by atoms with Crippen LogP contribution in [0.25, 0.3) is 0 Å². The van der Waals surface area contributed by atoms with E-state index in [1.165, 1.54) is 0 Å². The summed E-state index contributed by atoms with van der Waals surface area (Å²) in [5.41, 5.74) is 0.382. The van der Waals surface area contributed by atoms with Gasteiger partial charge in [0.2, 0.25) is 0 Å². The standard InChI is InChI=1S/C17H13Cl3F3NO/c18-14-6-11(17(21,22)23)8-24-15(14)5-10-1-3-13(4-2-10)25-9-12-7-16(12,19)20/h1-4,6,8,12H,5,7,9H2. The number of hydrogen-bond acceptors (Lipinski definition) is 2. The number of alkyl halides is 5. The largest absolute Gasteiger partial charge is 0.493 e. The summed E-state index contributed by atoms with van der Waals surface area (Å²) in [6.07, 6.45) is -2.63. The minimum Gasteiger partial charge on any atom is -0.493 e. The molecule has 134 valence electrons. The van der Waals surface area contributed by atoms with Gasteiger partial charge in [0.05, 0.1) is 22.9 Å². The van der Waals surface area contributed by atoms with Crippen molar-refractivity contribution in [1.29, 1.82) is 0 Å². The first-order valence-electron chi connectivity index (χ1n) is 7.46.